The molecule has 0 aliphatic heterocycles. The maximum absolute atomic E-state index is 12.7. The average molecular weight is 410 g/mol. The fourth-order valence-electron chi connectivity index (χ4n) is 2.77. The van der Waals surface area contributed by atoms with E-state index in [-0.39, 0.29) is 16.3 Å². The van der Waals surface area contributed by atoms with Gasteiger partial charge in [0.2, 0.25) is 0 Å². The molecule has 1 aromatic carbocycles. The highest BCUT2D eigenvalue weighted by Crippen LogP contribution is 2.25. The number of hydrogen-bond donors (Lipinski definition) is 1. The summed E-state index contributed by atoms with van der Waals surface area (Å²) in [6.07, 6.45) is 0. The van der Waals surface area contributed by atoms with Crippen LogP contribution in [0.3, 0.4) is 0 Å². The van der Waals surface area contributed by atoms with Gasteiger partial charge in [-0.3, -0.25) is 9.36 Å². The van der Waals surface area contributed by atoms with Gasteiger partial charge >= 0.3 is 0 Å². The van der Waals surface area contributed by atoms with Crippen LogP contribution in [0.2, 0.25) is 0 Å². The first kappa shape index (κ1) is 19.0. The highest BCUT2D eigenvalue weighted by atomic mass is 32.2. The number of aromatic amines is 1. The van der Waals surface area contributed by atoms with Crippen LogP contribution in [-0.4, -0.2) is 35.4 Å². The van der Waals surface area contributed by atoms with Crippen molar-refractivity contribution in [3.8, 4) is 0 Å². The monoisotopic (exact) mass is 409 g/mol. The molecule has 0 saturated carbocycles. The quantitative estimate of drug-likeness (QED) is 0.635. The van der Waals surface area contributed by atoms with Crippen LogP contribution < -0.4 is 5.56 Å². The van der Waals surface area contributed by atoms with Gasteiger partial charge in [-0.1, -0.05) is 26.0 Å². The minimum atomic E-state index is -3.50. The van der Waals surface area contributed by atoms with Crippen molar-refractivity contribution in [3.63, 3.8) is 0 Å². The van der Waals surface area contributed by atoms with Gasteiger partial charge in [-0.15, -0.1) is 11.3 Å². The van der Waals surface area contributed by atoms with Crippen molar-refractivity contribution >= 4 is 44.5 Å². The molecule has 0 spiro atoms. The first-order valence-corrected chi connectivity index (χ1v) is 10.9. The lowest BCUT2D eigenvalue weighted by Gasteiger charge is -2.16. The van der Waals surface area contributed by atoms with E-state index in [1.54, 1.807) is 30.3 Å². The number of sulfonamides is 1. The molecule has 6 nitrogen and oxygen atoms in total. The van der Waals surface area contributed by atoms with Gasteiger partial charge < -0.3 is 4.98 Å². The lowest BCUT2D eigenvalue weighted by Crippen LogP contribution is -2.29. The van der Waals surface area contributed by atoms with Gasteiger partial charge in [0.1, 0.15) is 4.21 Å². The molecule has 0 fully saturated rings. The number of benzene rings is 1. The lowest BCUT2D eigenvalue weighted by atomic mass is 10.2. The molecule has 0 bridgehead atoms. The SMILES string of the molecule is CCN(CC)S(=O)(=O)c1ccc(Cn2c(=S)[nH]c3ccccc3c2=O)s1. The number of aromatic nitrogens is 2. The number of nitrogens with one attached hydrogen (secondary N) is 1. The van der Waals surface area contributed by atoms with Crippen LogP contribution in [-0.2, 0) is 16.6 Å². The number of rotatable bonds is 6. The Morgan fingerprint density at radius 1 is 1.15 bits per heavy atom. The summed E-state index contributed by atoms with van der Waals surface area (Å²) in [6, 6.07) is 10.5. The molecule has 0 amide bonds. The van der Waals surface area contributed by atoms with Crippen molar-refractivity contribution < 1.29 is 8.42 Å². The zero-order valence-electron chi connectivity index (χ0n) is 14.4. The third kappa shape index (κ3) is 3.39. The zero-order valence-corrected chi connectivity index (χ0v) is 16.9. The van der Waals surface area contributed by atoms with Gasteiger partial charge in [0, 0.05) is 18.0 Å². The summed E-state index contributed by atoms with van der Waals surface area (Å²) in [5, 5.41) is 0.550. The molecular formula is C17H19N3O3S3. The number of fused-ring (bicyclic) bond motifs is 1. The van der Waals surface area contributed by atoms with E-state index in [1.807, 2.05) is 19.9 Å². The van der Waals surface area contributed by atoms with Gasteiger partial charge in [0.25, 0.3) is 15.6 Å². The molecule has 0 aliphatic rings. The molecule has 2 aromatic heterocycles. The Balaban J connectivity index is 1.99. The molecule has 3 aromatic rings. The van der Waals surface area contributed by atoms with Gasteiger partial charge in [-0.2, -0.15) is 4.31 Å². The first-order valence-electron chi connectivity index (χ1n) is 8.19. The van der Waals surface area contributed by atoms with Crippen molar-refractivity contribution in [1.29, 1.82) is 0 Å². The van der Waals surface area contributed by atoms with Crippen LogP contribution in [0.15, 0.2) is 45.4 Å². The molecule has 1 N–H and O–H groups in total. The van der Waals surface area contributed by atoms with Crippen LogP contribution in [0.5, 0.6) is 0 Å². The van der Waals surface area contributed by atoms with E-state index >= 15 is 0 Å². The van der Waals surface area contributed by atoms with Crippen LogP contribution in [0.1, 0.15) is 18.7 Å². The second-order valence-electron chi connectivity index (χ2n) is 5.68. The Hall–Kier alpha value is -1.81. The summed E-state index contributed by atoms with van der Waals surface area (Å²) >= 11 is 6.48. The largest absolute Gasteiger partial charge is 0.332 e. The second kappa shape index (κ2) is 7.43. The Morgan fingerprint density at radius 2 is 1.85 bits per heavy atom. The Labute approximate surface area is 160 Å². The number of thiophene rings is 1. The van der Waals surface area contributed by atoms with E-state index in [0.717, 1.165) is 4.88 Å². The fourth-order valence-corrected chi connectivity index (χ4v) is 5.99. The Bertz CT molecular complexity index is 1150. The van der Waals surface area contributed by atoms with Crippen molar-refractivity contribution in [1.82, 2.24) is 13.9 Å². The highest BCUT2D eigenvalue weighted by Gasteiger charge is 2.23. The number of para-hydroxylation sites is 1. The summed E-state index contributed by atoms with van der Waals surface area (Å²) in [6.45, 7) is 4.69. The van der Waals surface area contributed by atoms with Gasteiger partial charge in [0.05, 0.1) is 17.4 Å². The molecule has 0 aliphatic carbocycles. The Kier molecular flexibility index (Phi) is 5.42. The van der Waals surface area contributed by atoms with E-state index in [4.69, 9.17) is 12.2 Å². The Morgan fingerprint density at radius 3 is 2.54 bits per heavy atom. The van der Waals surface area contributed by atoms with Crippen molar-refractivity contribution in [3.05, 3.63) is 56.4 Å². The number of nitrogens with zero attached hydrogens (tertiary/aromatic N) is 2. The third-order valence-corrected chi connectivity index (χ3v) is 8.05. The molecule has 0 atom stereocenters. The molecule has 2 heterocycles. The molecule has 0 saturated heterocycles. The van der Waals surface area contributed by atoms with Gasteiger partial charge in [0.15, 0.2) is 4.77 Å². The molecule has 9 heteroatoms. The zero-order chi connectivity index (χ0) is 18.9. The van der Waals surface area contributed by atoms with Crippen LogP contribution in [0, 0.1) is 4.77 Å². The summed E-state index contributed by atoms with van der Waals surface area (Å²) < 4.78 is 28.7. The predicted octanol–water partition coefficient (Wildman–Crippen LogP) is 3.20. The fraction of sp³-hybridized carbons (Fsp3) is 0.294. The van der Waals surface area contributed by atoms with Crippen LogP contribution >= 0.6 is 23.6 Å². The average Bonchev–Trinajstić information content (AvgIpc) is 3.09. The van der Waals surface area contributed by atoms with Crippen LogP contribution in [0.25, 0.3) is 10.9 Å². The lowest BCUT2D eigenvalue weighted by molar-refractivity contribution is 0.447. The number of hydrogen-bond acceptors (Lipinski definition) is 5. The first-order chi connectivity index (χ1) is 12.4. The van der Waals surface area contributed by atoms with E-state index in [1.165, 1.54) is 20.2 Å². The molecule has 3 rings (SSSR count). The highest BCUT2D eigenvalue weighted by molar-refractivity contribution is 7.91. The van der Waals surface area contributed by atoms with Gasteiger partial charge in [-0.05, 0) is 36.5 Å². The van der Waals surface area contributed by atoms with Crippen LogP contribution in [0.4, 0.5) is 0 Å². The number of H-pyrrole nitrogens is 1. The van der Waals surface area contributed by atoms with E-state index < -0.39 is 10.0 Å². The van der Waals surface area contributed by atoms with Gasteiger partial charge in [-0.25, -0.2) is 8.42 Å². The summed E-state index contributed by atoms with van der Waals surface area (Å²) in [5.41, 5.74) is 0.501. The van der Waals surface area contributed by atoms with Crippen molar-refractivity contribution in [2.24, 2.45) is 0 Å². The summed E-state index contributed by atoms with van der Waals surface area (Å²) in [7, 11) is -3.50. The molecule has 26 heavy (non-hydrogen) atoms. The normalized spacial score (nSPS) is 12.1. The van der Waals surface area contributed by atoms with E-state index in [9.17, 15) is 13.2 Å². The summed E-state index contributed by atoms with van der Waals surface area (Å²) in [4.78, 5) is 16.5. The maximum atomic E-state index is 12.7. The van der Waals surface area contributed by atoms with Crippen molar-refractivity contribution in [2.45, 2.75) is 24.6 Å². The molecule has 0 radical (unpaired) electrons. The minimum absolute atomic E-state index is 0.189. The maximum Gasteiger partial charge on any atom is 0.262 e. The minimum Gasteiger partial charge on any atom is -0.332 e. The second-order valence-corrected chi connectivity index (χ2v) is 9.40. The predicted molar refractivity (Wildman–Crippen MR) is 107 cm³/mol. The molecule has 0 unspecified atom stereocenters. The third-order valence-electron chi connectivity index (χ3n) is 4.14. The van der Waals surface area contributed by atoms with Crippen molar-refractivity contribution in [2.75, 3.05) is 13.1 Å². The molecular weight excluding hydrogens is 390 g/mol. The van der Waals surface area contributed by atoms with E-state index in [2.05, 4.69) is 4.98 Å². The standard InChI is InChI=1S/C17H19N3O3S3/c1-3-19(4-2)26(22,23)15-10-9-12(25-15)11-20-16(21)13-7-5-6-8-14(13)18-17(20)24/h5-10H,3-4,11H2,1-2H3,(H,18,24). The van der Waals surface area contributed by atoms with E-state index in [0.29, 0.717) is 28.8 Å². The topological polar surface area (TPSA) is 75.2 Å². The molecule has 138 valence electrons. The summed E-state index contributed by atoms with van der Waals surface area (Å²) in [5.74, 6) is 0. The smallest absolute Gasteiger partial charge is 0.262 e.